The number of carbonyl (C=O) groups is 1. The van der Waals surface area contributed by atoms with Gasteiger partial charge in [-0.3, -0.25) is 9.69 Å². The van der Waals surface area contributed by atoms with Crippen molar-refractivity contribution < 1.29 is 9.53 Å². The summed E-state index contributed by atoms with van der Waals surface area (Å²) in [6.07, 6.45) is 0. The molecule has 0 unspecified atom stereocenters. The van der Waals surface area contributed by atoms with Crippen LogP contribution in [0.2, 0.25) is 0 Å². The van der Waals surface area contributed by atoms with Gasteiger partial charge in [-0.1, -0.05) is 0 Å². The minimum Gasteiger partial charge on any atom is -0.379 e. The maximum Gasteiger partial charge on any atom is 0.152 e. The van der Waals surface area contributed by atoms with E-state index in [4.69, 9.17) is 4.74 Å². The van der Waals surface area contributed by atoms with Crippen molar-refractivity contribution >= 4 is 5.78 Å². The van der Waals surface area contributed by atoms with Crippen LogP contribution >= 0.6 is 0 Å². The number of ether oxygens (including phenoxy) is 1. The van der Waals surface area contributed by atoms with Crippen LogP contribution in [0.4, 0.5) is 0 Å². The lowest BCUT2D eigenvalue weighted by atomic mass is 9.97. The van der Waals surface area contributed by atoms with Crippen LogP contribution in [0.15, 0.2) is 0 Å². The number of Topliss-reactive ketones (excluding diaryl/α,β-unsaturated/α-hetero) is 1. The zero-order chi connectivity index (χ0) is 9.10. The Hall–Kier alpha value is -0.450. The van der Waals surface area contributed by atoms with Crippen LogP contribution in [0, 0.1) is 5.92 Å². The van der Waals surface area contributed by atoms with Crippen molar-refractivity contribution in [3.63, 3.8) is 0 Å². The molecule has 2 rings (SSSR count). The van der Waals surface area contributed by atoms with Crippen LogP contribution in [0.5, 0.6) is 0 Å². The van der Waals surface area contributed by atoms with Crippen LogP contribution in [-0.4, -0.2) is 56.6 Å². The van der Waals surface area contributed by atoms with E-state index in [1.807, 2.05) is 0 Å². The van der Waals surface area contributed by atoms with Crippen molar-refractivity contribution in [3.8, 4) is 0 Å². The first-order chi connectivity index (χ1) is 6.36. The van der Waals surface area contributed by atoms with Gasteiger partial charge in [0.2, 0.25) is 0 Å². The second-order valence-corrected chi connectivity index (χ2v) is 3.71. The van der Waals surface area contributed by atoms with E-state index >= 15 is 0 Å². The molecule has 0 aromatic carbocycles. The van der Waals surface area contributed by atoms with E-state index in [9.17, 15) is 4.79 Å². The lowest BCUT2D eigenvalue weighted by Crippen LogP contribution is -2.50. The standard InChI is InChI=1S/C9H16N2O2/c12-9(8-5-10-6-8)7-11-1-3-13-4-2-11/h8,10H,1-7H2. The van der Waals surface area contributed by atoms with Gasteiger partial charge in [-0.05, 0) is 0 Å². The molecule has 2 aliphatic rings. The lowest BCUT2D eigenvalue weighted by molar-refractivity contribution is -0.126. The summed E-state index contributed by atoms with van der Waals surface area (Å²) in [6.45, 7) is 5.74. The Labute approximate surface area is 78.2 Å². The van der Waals surface area contributed by atoms with E-state index in [1.165, 1.54) is 0 Å². The lowest BCUT2D eigenvalue weighted by Gasteiger charge is -2.30. The maximum absolute atomic E-state index is 11.6. The SMILES string of the molecule is O=C(CN1CCOCC1)C1CNC1. The van der Waals surface area contributed by atoms with Crippen LogP contribution in [-0.2, 0) is 9.53 Å². The molecule has 4 nitrogen and oxygen atoms in total. The summed E-state index contributed by atoms with van der Waals surface area (Å²) in [4.78, 5) is 13.8. The van der Waals surface area contributed by atoms with Gasteiger partial charge in [0.05, 0.1) is 19.8 Å². The first-order valence-electron chi connectivity index (χ1n) is 4.90. The van der Waals surface area contributed by atoms with Crippen molar-refractivity contribution in [1.82, 2.24) is 10.2 Å². The highest BCUT2D eigenvalue weighted by Crippen LogP contribution is 2.06. The van der Waals surface area contributed by atoms with Gasteiger partial charge in [0, 0.05) is 32.1 Å². The maximum atomic E-state index is 11.6. The topological polar surface area (TPSA) is 41.6 Å². The van der Waals surface area contributed by atoms with E-state index in [2.05, 4.69) is 10.2 Å². The number of hydrogen-bond donors (Lipinski definition) is 1. The predicted octanol–water partition coefficient (Wildman–Crippen LogP) is -0.893. The van der Waals surface area contributed by atoms with Crippen molar-refractivity contribution in [3.05, 3.63) is 0 Å². The fraction of sp³-hybridized carbons (Fsp3) is 0.889. The number of nitrogens with one attached hydrogen (secondary N) is 1. The number of hydrogen-bond acceptors (Lipinski definition) is 4. The van der Waals surface area contributed by atoms with E-state index in [1.54, 1.807) is 0 Å². The average Bonchev–Trinajstić information content (AvgIpc) is 2.02. The van der Waals surface area contributed by atoms with Gasteiger partial charge in [-0.25, -0.2) is 0 Å². The number of morpholine rings is 1. The number of rotatable bonds is 3. The van der Waals surface area contributed by atoms with Crippen molar-refractivity contribution in [2.24, 2.45) is 5.92 Å². The smallest absolute Gasteiger partial charge is 0.152 e. The number of carbonyl (C=O) groups excluding carboxylic acids is 1. The molecule has 0 atom stereocenters. The fourth-order valence-electron chi connectivity index (χ4n) is 1.63. The first-order valence-corrected chi connectivity index (χ1v) is 4.90. The van der Waals surface area contributed by atoms with Crippen LogP contribution in [0.3, 0.4) is 0 Å². The highest BCUT2D eigenvalue weighted by molar-refractivity contribution is 5.84. The molecule has 0 aromatic rings. The third kappa shape index (κ3) is 2.27. The van der Waals surface area contributed by atoms with Crippen LogP contribution in [0.25, 0.3) is 0 Å². The molecule has 13 heavy (non-hydrogen) atoms. The zero-order valence-electron chi connectivity index (χ0n) is 7.79. The monoisotopic (exact) mass is 184 g/mol. The van der Waals surface area contributed by atoms with E-state index in [0.717, 1.165) is 39.4 Å². The normalized spacial score (nSPS) is 25.5. The second kappa shape index (κ2) is 4.17. The Balaban J connectivity index is 1.72. The first kappa shape index (κ1) is 9.12. The van der Waals surface area contributed by atoms with Gasteiger partial charge < -0.3 is 10.1 Å². The Morgan fingerprint density at radius 1 is 1.38 bits per heavy atom. The largest absolute Gasteiger partial charge is 0.379 e. The summed E-state index contributed by atoms with van der Waals surface area (Å²) in [5.74, 6) is 0.670. The minimum absolute atomic E-state index is 0.280. The molecule has 0 spiro atoms. The molecule has 2 saturated heterocycles. The summed E-state index contributed by atoms with van der Waals surface area (Å²) in [5, 5.41) is 3.12. The molecule has 4 heteroatoms. The Morgan fingerprint density at radius 2 is 2.08 bits per heavy atom. The molecule has 2 aliphatic heterocycles. The zero-order valence-corrected chi connectivity index (χ0v) is 7.79. The molecule has 2 fully saturated rings. The van der Waals surface area contributed by atoms with Gasteiger partial charge in [0.25, 0.3) is 0 Å². The molecule has 0 radical (unpaired) electrons. The third-order valence-electron chi connectivity index (χ3n) is 2.72. The summed E-state index contributed by atoms with van der Waals surface area (Å²) < 4.78 is 5.22. The summed E-state index contributed by atoms with van der Waals surface area (Å²) in [6, 6.07) is 0. The van der Waals surface area contributed by atoms with Gasteiger partial charge in [0.15, 0.2) is 5.78 Å². The van der Waals surface area contributed by atoms with Crippen LogP contribution < -0.4 is 5.32 Å². The van der Waals surface area contributed by atoms with Gasteiger partial charge in [-0.2, -0.15) is 0 Å². The third-order valence-corrected chi connectivity index (χ3v) is 2.72. The van der Waals surface area contributed by atoms with Gasteiger partial charge >= 0.3 is 0 Å². The molecular formula is C9H16N2O2. The highest BCUT2D eigenvalue weighted by Gasteiger charge is 2.26. The quantitative estimate of drug-likeness (QED) is 0.617. The summed E-state index contributed by atoms with van der Waals surface area (Å²) in [5.41, 5.74) is 0. The Morgan fingerprint density at radius 3 is 2.62 bits per heavy atom. The minimum atomic E-state index is 0.280. The van der Waals surface area contributed by atoms with Crippen molar-refractivity contribution in [2.75, 3.05) is 45.9 Å². The molecular weight excluding hydrogens is 168 g/mol. The van der Waals surface area contributed by atoms with E-state index < -0.39 is 0 Å². The van der Waals surface area contributed by atoms with Crippen molar-refractivity contribution in [1.29, 1.82) is 0 Å². The predicted molar refractivity (Wildman–Crippen MR) is 48.6 cm³/mol. The van der Waals surface area contributed by atoms with E-state index in [-0.39, 0.29) is 5.92 Å². The molecule has 0 bridgehead atoms. The summed E-state index contributed by atoms with van der Waals surface area (Å²) in [7, 11) is 0. The Bertz CT molecular complexity index is 186. The molecule has 0 aromatic heterocycles. The molecule has 0 aliphatic carbocycles. The Kier molecular flexibility index (Phi) is 2.93. The fourth-order valence-corrected chi connectivity index (χ4v) is 1.63. The van der Waals surface area contributed by atoms with Gasteiger partial charge in [-0.15, -0.1) is 0 Å². The second-order valence-electron chi connectivity index (χ2n) is 3.71. The molecule has 74 valence electrons. The molecule has 0 saturated carbocycles. The average molecular weight is 184 g/mol. The molecule has 2 heterocycles. The molecule has 0 amide bonds. The van der Waals surface area contributed by atoms with Crippen molar-refractivity contribution in [2.45, 2.75) is 0 Å². The van der Waals surface area contributed by atoms with Gasteiger partial charge in [0.1, 0.15) is 0 Å². The highest BCUT2D eigenvalue weighted by atomic mass is 16.5. The molecule has 1 N–H and O–H groups in total. The number of nitrogens with zero attached hydrogens (tertiary/aromatic N) is 1. The van der Waals surface area contributed by atoms with Crippen LogP contribution in [0.1, 0.15) is 0 Å². The van der Waals surface area contributed by atoms with E-state index in [0.29, 0.717) is 12.3 Å². The summed E-state index contributed by atoms with van der Waals surface area (Å²) >= 11 is 0. The number of ketones is 1.